The van der Waals surface area contributed by atoms with Crippen LogP contribution in [0.5, 0.6) is 0 Å². The maximum Gasteiger partial charge on any atom is 0.229 e. The van der Waals surface area contributed by atoms with Gasteiger partial charge in [0.15, 0.2) is 0 Å². The number of carbonyl (C=O) groups excluding carboxylic acids is 1. The standard InChI is InChI=1S/C10H19NO2S/c1-4-13-8-5-7(10(8,2)3)11-9(12)6-14/h7-8,14H,4-6H2,1-3H3,(H,11,12). The van der Waals surface area contributed by atoms with E-state index in [1.807, 2.05) is 6.92 Å². The Hall–Kier alpha value is -0.220. The lowest BCUT2D eigenvalue weighted by atomic mass is 9.64. The quantitative estimate of drug-likeness (QED) is 0.695. The Morgan fingerprint density at radius 3 is 2.71 bits per heavy atom. The van der Waals surface area contributed by atoms with E-state index in [2.05, 4.69) is 31.8 Å². The van der Waals surface area contributed by atoms with E-state index >= 15 is 0 Å². The minimum atomic E-state index is 0.00126. The number of nitrogens with one attached hydrogen (secondary N) is 1. The molecular formula is C10H19NO2S. The van der Waals surface area contributed by atoms with Crippen LogP contribution in [0.15, 0.2) is 0 Å². The van der Waals surface area contributed by atoms with Crippen molar-refractivity contribution in [2.24, 2.45) is 5.41 Å². The molecule has 0 saturated heterocycles. The molecule has 0 spiro atoms. The minimum Gasteiger partial charge on any atom is -0.378 e. The average molecular weight is 217 g/mol. The van der Waals surface area contributed by atoms with Crippen molar-refractivity contribution in [1.82, 2.24) is 5.32 Å². The van der Waals surface area contributed by atoms with E-state index in [1.165, 1.54) is 0 Å². The van der Waals surface area contributed by atoms with Gasteiger partial charge in [0.25, 0.3) is 0 Å². The SMILES string of the molecule is CCOC1CC(NC(=O)CS)C1(C)C. The molecule has 3 nitrogen and oxygen atoms in total. The Morgan fingerprint density at radius 2 is 2.29 bits per heavy atom. The average Bonchev–Trinajstić information content (AvgIpc) is 2.16. The molecule has 0 heterocycles. The summed E-state index contributed by atoms with van der Waals surface area (Å²) in [7, 11) is 0. The predicted molar refractivity (Wildman–Crippen MR) is 59.6 cm³/mol. The zero-order chi connectivity index (χ0) is 10.8. The van der Waals surface area contributed by atoms with Crippen LogP contribution in [-0.4, -0.2) is 30.4 Å². The molecule has 1 N–H and O–H groups in total. The van der Waals surface area contributed by atoms with Gasteiger partial charge < -0.3 is 10.1 Å². The summed E-state index contributed by atoms with van der Waals surface area (Å²) in [4.78, 5) is 11.1. The molecule has 0 aromatic carbocycles. The van der Waals surface area contributed by atoms with Gasteiger partial charge in [-0.25, -0.2) is 0 Å². The Labute approximate surface area is 91.0 Å². The van der Waals surface area contributed by atoms with Crippen molar-refractivity contribution in [3.63, 3.8) is 0 Å². The fourth-order valence-corrected chi connectivity index (χ4v) is 1.95. The zero-order valence-corrected chi connectivity index (χ0v) is 9.93. The second-order valence-corrected chi connectivity index (χ2v) is 4.60. The maximum atomic E-state index is 11.1. The third-order valence-corrected chi connectivity index (χ3v) is 3.31. The number of hydrogen-bond donors (Lipinski definition) is 2. The van der Waals surface area contributed by atoms with Crippen LogP contribution in [0.2, 0.25) is 0 Å². The fraction of sp³-hybridized carbons (Fsp3) is 0.900. The highest BCUT2D eigenvalue weighted by Crippen LogP contribution is 2.42. The molecule has 4 heteroatoms. The van der Waals surface area contributed by atoms with E-state index in [1.54, 1.807) is 0 Å². The van der Waals surface area contributed by atoms with Gasteiger partial charge in [-0.1, -0.05) is 13.8 Å². The molecule has 0 aromatic heterocycles. The molecule has 1 aliphatic carbocycles. The Bertz CT molecular complexity index is 218. The van der Waals surface area contributed by atoms with Crippen LogP contribution >= 0.6 is 12.6 Å². The van der Waals surface area contributed by atoms with Gasteiger partial charge in [-0.2, -0.15) is 12.6 Å². The Kier molecular flexibility index (Phi) is 3.84. The molecule has 2 unspecified atom stereocenters. The highest BCUT2D eigenvalue weighted by Gasteiger charge is 2.49. The summed E-state index contributed by atoms with van der Waals surface area (Å²) in [6, 6.07) is 0.235. The summed E-state index contributed by atoms with van der Waals surface area (Å²) in [6.45, 7) is 6.98. The van der Waals surface area contributed by atoms with Crippen LogP contribution in [-0.2, 0) is 9.53 Å². The molecule has 0 aliphatic heterocycles. The second-order valence-electron chi connectivity index (χ2n) is 4.28. The summed E-state index contributed by atoms with van der Waals surface area (Å²) in [5.74, 6) is 0.257. The van der Waals surface area contributed by atoms with Gasteiger partial charge in [-0.15, -0.1) is 0 Å². The van der Waals surface area contributed by atoms with Crippen molar-refractivity contribution >= 4 is 18.5 Å². The second kappa shape index (κ2) is 4.53. The summed E-state index contributed by atoms with van der Waals surface area (Å²) >= 11 is 3.93. The smallest absolute Gasteiger partial charge is 0.229 e. The van der Waals surface area contributed by atoms with Crippen LogP contribution in [0.4, 0.5) is 0 Å². The largest absolute Gasteiger partial charge is 0.378 e. The van der Waals surface area contributed by atoms with Crippen molar-refractivity contribution in [1.29, 1.82) is 0 Å². The molecule has 0 bridgehead atoms. The number of amides is 1. The number of carbonyl (C=O) groups is 1. The predicted octanol–water partition coefficient (Wildman–Crippen LogP) is 1.24. The number of ether oxygens (including phenoxy) is 1. The highest BCUT2D eigenvalue weighted by molar-refractivity contribution is 7.81. The van der Waals surface area contributed by atoms with E-state index in [9.17, 15) is 4.79 Å². The van der Waals surface area contributed by atoms with E-state index in [4.69, 9.17) is 4.74 Å². The minimum absolute atomic E-state index is 0.00126. The van der Waals surface area contributed by atoms with E-state index < -0.39 is 0 Å². The first-order valence-corrected chi connectivity index (χ1v) is 5.67. The monoisotopic (exact) mass is 217 g/mol. The van der Waals surface area contributed by atoms with E-state index in [0.717, 1.165) is 13.0 Å². The first-order chi connectivity index (χ1) is 6.52. The van der Waals surface area contributed by atoms with Crippen molar-refractivity contribution in [3.05, 3.63) is 0 Å². The van der Waals surface area contributed by atoms with Crippen LogP contribution in [0.25, 0.3) is 0 Å². The lowest BCUT2D eigenvalue weighted by molar-refractivity contribution is -0.134. The normalized spacial score (nSPS) is 29.4. The van der Waals surface area contributed by atoms with Gasteiger partial charge >= 0.3 is 0 Å². The molecule has 1 saturated carbocycles. The molecule has 2 atom stereocenters. The topological polar surface area (TPSA) is 38.3 Å². The van der Waals surface area contributed by atoms with E-state index in [0.29, 0.717) is 0 Å². The molecule has 14 heavy (non-hydrogen) atoms. The lowest BCUT2D eigenvalue weighted by Gasteiger charge is -2.51. The maximum absolute atomic E-state index is 11.1. The van der Waals surface area contributed by atoms with Crippen LogP contribution in [0, 0.1) is 5.41 Å². The van der Waals surface area contributed by atoms with E-state index in [-0.39, 0.29) is 29.2 Å². The summed E-state index contributed by atoms with van der Waals surface area (Å²) in [5.41, 5.74) is 0.0502. The van der Waals surface area contributed by atoms with Crippen molar-refractivity contribution in [2.45, 2.75) is 39.3 Å². The third kappa shape index (κ3) is 2.23. The van der Waals surface area contributed by atoms with Gasteiger partial charge in [-0.3, -0.25) is 4.79 Å². The molecule has 1 aliphatic rings. The summed E-state index contributed by atoms with van der Waals surface area (Å²) in [5, 5.41) is 2.95. The van der Waals surface area contributed by atoms with Crippen molar-refractivity contribution < 1.29 is 9.53 Å². The highest BCUT2D eigenvalue weighted by atomic mass is 32.1. The van der Waals surface area contributed by atoms with Crippen molar-refractivity contribution in [3.8, 4) is 0 Å². The van der Waals surface area contributed by atoms with Gasteiger partial charge in [-0.05, 0) is 13.3 Å². The molecule has 1 fully saturated rings. The lowest BCUT2D eigenvalue weighted by Crippen LogP contribution is -2.62. The molecule has 0 radical (unpaired) electrons. The summed E-state index contributed by atoms with van der Waals surface area (Å²) in [6.07, 6.45) is 1.19. The Morgan fingerprint density at radius 1 is 1.64 bits per heavy atom. The van der Waals surface area contributed by atoms with Gasteiger partial charge in [0, 0.05) is 18.1 Å². The summed E-state index contributed by atoms with van der Waals surface area (Å²) < 4.78 is 5.57. The fourth-order valence-electron chi connectivity index (χ4n) is 1.85. The zero-order valence-electron chi connectivity index (χ0n) is 9.04. The van der Waals surface area contributed by atoms with Gasteiger partial charge in [0.05, 0.1) is 11.9 Å². The number of rotatable bonds is 4. The van der Waals surface area contributed by atoms with Gasteiger partial charge in [0.2, 0.25) is 5.91 Å². The van der Waals surface area contributed by atoms with Crippen molar-refractivity contribution in [2.75, 3.05) is 12.4 Å². The number of hydrogen-bond acceptors (Lipinski definition) is 3. The first kappa shape index (κ1) is 11.9. The first-order valence-electron chi connectivity index (χ1n) is 5.04. The molecule has 1 amide bonds. The Balaban J connectivity index is 2.42. The third-order valence-electron chi connectivity index (χ3n) is 3.02. The molecule has 82 valence electrons. The van der Waals surface area contributed by atoms with Gasteiger partial charge in [0.1, 0.15) is 0 Å². The number of thiol groups is 1. The molecule has 0 aromatic rings. The van der Waals surface area contributed by atoms with Crippen LogP contribution in [0.3, 0.4) is 0 Å². The molecule has 1 rings (SSSR count). The molecular weight excluding hydrogens is 198 g/mol. The van der Waals surface area contributed by atoms with Crippen LogP contribution in [0.1, 0.15) is 27.2 Å². The van der Waals surface area contributed by atoms with Crippen LogP contribution < -0.4 is 5.32 Å².